The van der Waals surface area contributed by atoms with Crippen molar-refractivity contribution < 1.29 is 9.59 Å². The van der Waals surface area contributed by atoms with Crippen molar-refractivity contribution in [3.63, 3.8) is 0 Å². The van der Waals surface area contributed by atoms with Gasteiger partial charge in [-0.15, -0.1) is 0 Å². The molecule has 2 aliphatic rings. The van der Waals surface area contributed by atoms with Crippen molar-refractivity contribution in [1.29, 1.82) is 0 Å². The maximum atomic E-state index is 13.4. The Morgan fingerprint density at radius 3 is 2.41 bits per heavy atom. The van der Waals surface area contributed by atoms with E-state index in [-0.39, 0.29) is 11.9 Å². The molecule has 0 radical (unpaired) electrons. The normalized spacial score (nSPS) is 18.9. The van der Waals surface area contributed by atoms with Crippen LogP contribution in [0.1, 0.15) is 31.0 Å². The number of rotatable bonds is 6. The van der Waals surface area contributed by atoms with Crippen LogP contribution in [0.4, 0.5) is 4.79 Å². The van der Waals surface area contributed by atoms with Gasteiger partial charge in [0.15, 0.2) is 0 Å². The van der Waals surface area contributed by atoms with Crippen molar-refractivity contribution >= 4 is 22.8 Å². The van der Waals surface area contributed by atoms with Crippen molar-refractivity contribution in [2.24, 2.45) is 0 Å². The summed E-state index contributed by atoms with van der Waals surface area (Å²) >= 11 is 0. The molecule has 0 unspecified atom stereocenters. The molecule has 1 spiro atoms. The predicted octanol–water partition coefficient (Wildman–Crippen LogP) is 4.03. The molecule has 0 saturated carbocycles. The monoisotopic (exact) mass is 430 g/mol. The molecule has 32 heavy (non-hydrogen) atoms. The second-order valence-corrected chi connectivity index (χ2v) is 8.91. The molecule has 2 fully saturated rings. The van der Waals surface area contributed by atoms with Gasteiger partial charge in [-0.2, -0.15) is 0 Å². The Morgan fingerprint density at radius 2 is 1.69 bits per heavy atom. The topological polar surface area (TPSA) is 59.7 Å². The number of amides is 3. The lowest BCUT2D eigenvalue weighted by molar-refractivity contribution is -0.135. The highest BCUT2D eigenvalue weighted by molar-refractivity contribution is 6.07. The fraction of sp³-hybridized carbons (Fsp3) is 0.385. The summed E-state index contributed by atoms with van der Waals surface area (Å²) in [7, 11) is 0. The molecule has 5 rings (SSSR count). The Labute approximate surface area is 188 Å². The summed E-state index contributed by atoms with van der Waals surface area (Å²) in [6.45, 7) is 5.32. The van der Waals surface area contributed by atoms with E-state index in [1.807, 2.05) is 36.1 Å². The van der Waals surface area contributed by atoms with E-state index in [1.165, 1.54) is 21.5 Å². The van der Waals surface area contributed by atoms with E-state index >= 15 is 0 Å². The molecule has 3 aromatic rings. The zero-order valence-corrected chi connectivity index (χ0v) is 18.6. The van der Waals surface area contributed by atoms with Gasteiger partial charge < -0.3 is 9.88 Å². The number of carbonyl (C=O) groups is 2. The molecule has 6 heteroatoms. The Hall–Kier alpha value is -3.12. The summed E-state index contributed by atoms with van der Waals surface area (Å²) in [5.41, 5.74) is 2.83. The zero-order valence-electron chi connectivity index (χ0n) is 18.6. The van der Waals surface area contributed by atoms with Crippen LogP contribution in [0.2, 0.25) is 0 Å². The van der Waals surface area contributed by atoms with E-state index in [2.05, 4.69) is 46.3 Å². The lowest BCUT2D eigenvalue weighted by atomic mass is 9.85. The number of imide groups is 1. The number of para-hydroxylation sites is 1. The summed E-state index contributed by atoms with van der Waals surface area (Å²) in [6, 6.07) is 20.6. The quantitative estimate of drug-likeness (QED) is 0.601. The molecule has 0 bridgehead atoms. The van der Waals surface area contributed by atoms with E-state index in [0.29, 0.717) is 25.9 Å². The molecule has 3 heterocycles. The number of carbonyl (C=O) groups excluding carboxylic acids is 2. The van der Waals surface area contributed by atoms with Crippen molar-refractivity contribution in [3.8, 4) is 0 Å². The number of fused-ring (bicyclic) bond motifs is 1. The van der Waals surface area contributed by atoms with E-state index < -0.39 is 5.54 Å². The minimum Gasteiger partial charge on any atom is -0.357 e. The molecule has 1 aromatic heterocycles. The largest absolute Gasteiger partial charge is 0.357 e. The molecule has 2 saturated heterocycles. The number of urea groups is 1. The number of aromatic nitrogens is 1. The maximum absolute atomic E-state index is 13.4. The van der Waals surface area contributed by atoms with Crippen LogP contribution in [0.3, 0.4) is 0 Å². The average Bonchev–Trinajstić information content (AvgIpc) is 3.31. The van der Waals surface area contributed by atoms with Crippen molar-refractivity contribution in [2.45, 2.75) is 38.3 Å². The molecule has 2 aromatic carbocycles. The Balaban J connectivity index is 1.30. The van der Waals surface area contributed by atoms with Gasteiger partial charge >= 0.3 is 6.03 Å². The summed E-state index contributed by atoms with van der Waals surface area (Å²) < 4.78 is 0. The van der Waals surface area contributed by atoms with Crippen molar-refractivity contribution in [3.05, 3.63) is 71.9 Å². The molecule has 6 nitrogen and oxygen atoms in total. The van der Waals surface area contributed by atoms with Crippen LogP contribution in [0, 0.1) is 0 Å². The van der Waals surface area contributed by atoms with E-state index in [0.717, 1.165) is 31.6 Å². The van der Waals surface area contributed by atoms with Crippen LogP contribution < -0.4 is 0 Å². The molecular weight excluding hydrogens is 400 g/mol. The van der Waals surface area contributed by atoms with Gasteiger partial charge in [-0.1, -0.05) is 48.5 Å². The first-order chi connectivity index (χ1) is 15.6. The SMILES string of the molecule is CCN1C(=O)N(CCc2ccccc2)C2(CCN(Cc3cc4ccccc4[nH]3)CC2)C1=O. The number of H-pyrrole nitrogens is 1. The third kappa shape index (κ3) is 3.58. The van der Waals surface area contributed by atoms with E-state index in [1.54, 1.807) is 0 Å². The van der Waals surface area contributed by atoms with Crippen LogP contribution in [-0.2, 0) is 17.8 Å². The first-order valence-electron chi connectivity index (χ1n) is 11.6. The lowest BCUT2D eigenvalue weighted by Gasteiger charge is -2.42. The predicted molar refractivity (Wildman–Crippen MR) is 125 cm³/mol. The molecule has 0 atom stereocenters. The number of benzene rings is 2. The van der Waals surface area contributed by atoms with Gasteiger partial charge in [0.1, 0.15) is 5.54 Å². The number of piperidine rings is 1. The Morgan fingerprint density at radius 1 is 0.969 bits per heavy atom. The van der Waals surface area contributed by atoms with Gasteiger partial charge in [-0.3, -0.25) is 14.6 Å². The third-order valence-electron chi connectivity index (χ3n) is 7.07. The van der Waals surface area contributed by atoms with Gasteiger partial charge in [0.2, 0.25) is 0 Å². The molecule has 3 amide bonds. The lowest BCUT2D eigenvalue weighted by Crippen LogP contribution is -2.56. The minimum absolute atomic E-state index is 0.0108. The Bertz CT molecular complexity index is 1080. The smallest absolute Gasteiger partial charge is 0.327 e. The Kier molecular flexibility index (Phi) is 5.47. The molecule has 0 aliphatic carbocycles. The summed E-state index contributed by atoms with van der Waals surface area (Å²) in [5.74, 6) is -0.0108. The van der Waals surface area contributed by atoms with Crippen molar-refractivity contribution in [2.75, 3.05) is 26.2 Å². The highest BCUT2D eigenvalue weighted by atomic mass is 16.2. The first kappa shape index (κ1) is 20.8. The van der Waals surface area contributed by atoms with Gasteiger partial charge in [0.25, 0.3) is 5.91 Å². The number of nitrogens with one attached hydrogen (secondary N) is 1. The highest BCUT2D eigenvalue weighted by Gasteiger charge is 2.57. The fourth-order valence-electron chi connectivity index (χ4n) is 5.28. The van der Waals surface area contributed by atoms with Gasteiger partial charge in [-0.05, 0) is 49.3 Å². The third-order valence-corrected chi connectivity index (χ3v) is 7.07. The summed E-state index contributed by atoms with van der Waals surface area (Å²) in [6.07, 6.45) is 2.13. The van der Waals surface area contributed by atoms with Gasteiger partial charge in [-0.25, -0.2) is 4.79 Å². The van der Waals surface area contributed by atoms with E-state index in [4.69, 9.17) is 0 Å². The second kappa shape index (κ2) is 8.43. The fourth-order valence-corrected chi connectivity index (χ4v) is 5.28. The number of aromatic amines is 1. The average molecular weight is 431 g/mol. The van der Waals surface area contributed by atoms with Gasteiger partial charge in [0, 0.05) is 43.9 Å². The van der Waals surface area contributed by atoms with Crippen LogP contribution >= 0.6 is 0 Å². The van der Waals surface area contributed by atoms with Crippen LogP contribution in [0.5, 0.6) is 0 Å². The van der Waals surface area contributed by atoms with Gasteiger partial charge in [0.05, 0.1) is 0 Å². The molecular formula is C26H30N4O2. The number of likely N-dealkylation sites (tertiary alicyclic amines) is 1. The number of hydrogen-bond acceptors (Lipinski definition) is 3. The second-order valence-electron chi connectivity index (χ2n) is 8.91. The number of likely N-dealkylation sites (N-methyl/N-ethyl adjacent to an activating group) is 1. The van der Waals surface area contributed by atoms with Crippen LogP contribution in [-0.4, -0.2) is 63.3 Å². The molecule has 166 valence electrons. The first-order valence-corrected chi connectivity index (χ1v) is 11.6. The summed E-state index contributed by atoms with van der Waals surface area (Å²) in [4.78, 5) is 35.7. The van der Waals surface area contributed by atoms with Crippen LogP contribution in [0.15, 0.2) is 60.7 Å². The number of nitrogens with zero attached hydrogens (tertiary/aromatic N) is 3. The standard InChI is InChI=1S/C26H30N4O2/c1-2-29-24(31)26(30(25(29)32)15-12-20-8-4-3-5-9-20)13-16-28(17-14-26)19-22-18-21-10-6-7-11-23(21)27-22/h3-11,18,27H,2,12-17,19H2,1H3. The number of hydrogen-bond donors (Lipinski definition) is 1. The summed E-state index contributed by atoms with van der Waals surface area (Å²) in [5, 5.41) is 1.22. The highest BCUT2D eigenvalue weighted by Crippen LogP contribution is 2.37. The van der Waals surface area contributed by atoms with Crippen molar-refractivity contribution in [1.82, 2.24) is 19.7 Å². The van der Waals surface area contributed by atoms with Crippen LogP contribution in [0.25, 0.3) is 10.9 Å². The maximum Gasteiger partial charge on any atom is 0.327 e. The molecule has 1 N–H and O–H groups in total. The molecule has 2 aliphatic heterocycles. The van der Waals surface area contributed by atoms with E-state index in [9.17, 15) is 9.59 Å². The zero-order chi connectivity index (χ0) is 22.1. The minimum atomic E-state index is -0.696.